The molecule has 3 aliphatic rings. The maximum absolute atomic E-state index is 14.7. The summed E-state index contributed by atoms with van der Waals surface area (Å²) in [6.45, 7) is 1.91. The van der Waals surface area contributed by atoms with Crippen molar-refractivity contribution in [3.63, 3.8) is 0 Å². The largest absolute Gasteiger partial charge is 0.347 e. The zero-order chi connectivity index (χ0) is 26.5. The highest BCUT2D eigenvalue weighted by atomic mass is 35.5. The van der Waals surface area contributed by atoms with Crippen LogP contribution >= 0.6 is 11.6 Å². The molecular formula is C26H28ClF2N3O4S. The highest BCUT2D eigenvalue weighted by Gasteiger charge is 2.44. The number of amides is 2. The molecule has 1 aliphatic heterocycles. The third-order valence-electron chi connectivity index (χ3n) is 7.52. The van der Waals surface area contributed by atoms with Gasteiger partial charge in [-0.2, -0.15) is 0 Å². The molecule has 11 heteroatoms. The second-order valence-electron chi connectivity index (χ2n) is 10.1. The van der Waals surface area contributed by atoms with Crippen LogP contribution < -0.4 is 5.32 Å². The summed E-state index contributed by atoms with van der Waals surface area (Å²) < 4.78 is 54.3. The number of hydrogen-bond acceptors (Lipinski definition) is 5. The van der Waals surface area contributed by atoms with Gasteiger partial charge in [-0.15, -0.1) is 0 Å². The van der Waals surface area contributed by atoms with E-state index in [0.717, 1.165) is 25.0 Å². The average molecular weight is 552 g/mol. The lowest BCUT2D eigenvalue weighted by atomic mass is 10.0. The van der Waals surface area contributed by atoms with E-state index in [4.69, 9.17) is 11.6 Å². The van der Waals surface area contributed by atoms with E-state index in [0.29, 0.717) is 32.1 Å². The minimum atomic E-state index is -3.52. The van der Waals surface area contributed by atoms with Crippen LogP contribution in [0.5, 0.6) is 0 Å². The first kappa shape index (κ1) is 26.0. The Kier molecular flexibility index (Phi) is 7.00. The van der Waals surface area contributed by atoms with Crippen molar-refractivity contribution in [2.75, 3.05) is 0 Å². The topological polar surface area (TPSA) is 96.4 Å². The van der Waals surface area contributed by atoms with Crippen LogP contribution in [-0.2, 0) is 14.6 Å². The monoisotopic (exact) mass is 551 g/mol. The number of likely N-dealkylation sites (tertiary alicyclic amines) is 1. The summed E-state index contributed by atoms with van der Waals surface area (Å²) >= 11 is 5.71. The number of benzene rings is 1. The number of rotatable bonds is 8. The van der Waals surface area contributed by atoms with Gasteiger partial charge in [-0.1, -0.05) is 18.5 Å². The van der Waals surface area contributed by atoms with Gasteiger partial charge in [0.2, 0.25) is 5.91 Å². The maximum Gasteiger partial charge on any atom is 0.273 e. The van der Waals surface area contributed by atoms with Gasteiger partial charge >= 0.3 is 0 Å². The number of nitrogens with zero attached hydrogens (tertiary/aromatic N) is 2. The van der Waals surface area contributed by atoms with Crippen molar-refractivity contribution < 1.29 is 26.8 Å². The third-order valence-corrected chi connectivity index (χ3v) is 10.1. The molecule has 2 saturated carbocycles. The minimum Gasteiger partial charge on any atom is -0.347 e. The number of carbonyl (C=O) groups is 2. The first-order chi connectivity index (χ1) is 17.6. The number of pyridine rings is 1. The summed E-state index contributed by atoms with van der Waals surface area (Å²) in [5, 5.41) is 2.10. The lowest BCUT2D eigenvalue weighted by molar-refractivity contribution is -0.126. The van der Waals surface area contributed by atoms with Crippen molar-refractivity contribution in [2.45, 2.75) is 80.1 Å². The van der Waals surface area contributed by atoms with E-state index < -0.39 is 50.6 Å². The number of sulfone groups is 1. The van der Waals surface area contributed by atoms with Gasteiger partial charge in [0.05, 0.1) is 21.2 Å². The smallest absolute Gasteiger partial charge is 0.273 e. The Morgan fingerprint density at radius 2 is 1.84 bits per heavy atom. The standard InChI is InChI=1S/C26H28ClF2N3O4S/c1-2-15-5-8-23(25(33)31-24(14-3-4-14)18-12-21(29)19(27)13-20(18)28)32(15)26(34)22-11-17(9-10-30-22)37(35,36)16-6-7-16/h9-16,23-24H,2-8H2,1H3,(H,31,33)/t15-,23-,24?/m1/s1. The van der Waals surface area contributed by atoms with E-state index in [9.17, 15) is 26.8 Å². The van der Waals surface area contributed by atoms with Crippen LogP contribution in [0, 0.1) is 17.6 Å². The first-order valence-electron chi connectivity index (χ1n) is 12.6. The molecule has 1 unspecified atom stereocenters. The van der Waals surface area contributed by atoms with Crippen molar-refractivity contribution in [1.29, 1.82) is 0 Å². The molecular weight excluding hydrogens is 524 g/mol. The molecule has 0 spiro atoms. The molecule has 2 amide bonds. The van der Waals surface area contributed by atoms with Gasteiger partial charge < -0.3 is 10.2 Å². The fourth-order valence-corrected chi connectivity index (χ4v) is 6.98. The summed E-state index contributed by atoms with van der Waals surface area (Å²) in [5.41, 5.74) is -0.00949. The van der Waals surface area contributed by atoms with Gasteiger partial charge in [0.15, 0.2) is 9.84 Å². The van der Waals surface area contributed by atoms with Crippen LogP contribution in [0.4, 0.5) is 8.78 Å². The molecule has 3 fully saturated rings. The summed E-state index contributed by atoms with van der Waals surface area (Å²) in [6.07, 6.45) is 5.58. The molecule has 5 rings (SSSR count). The van der Waals surface area contributed by atoms with Crippen LogP contribution in [0.2, 0.25) is 5.02 Å². The van der Waals surface area contributed by atoms with Gasteiger partial charge in [0.25, 0.3) is 5.91 Å². The second-order valence-corrected chi connectivity index (χ2v) is 12.7. The summed E-state index contributed by atoms with van der Waals surface area (Å²) in [6, 6.07) is 2.76. The lowest BCUT2D eigenvalue weighted by Crippen LogP contribution is -2.50. The SMILES string of the molecule is CC[C@@H]1CC[C@H](C(=O)NC(c2cc(F)c(Cl)cc2F)C2CC2)N1C(=O)c1cc(S(=O)(=O)C2CC2)ccn1. The van der Waals surface area contributed by atoms with Gasteiger partial charge in [-0.3, -0.25) is 14.6 Å². The van der Waals surface area contributed by atoms with Gasteiger partial charge in [0.1, 0.15) is 23.4 Å². The Bertz CT molecular complexity index is 1350. The molecule has 1 saturated heterocycles. The van der Waals surface area contributed by atoms with Crippen LogP contribution in [0.1, 0.15) is 74.0 Å². The Morgan fingerprint density at radius 1 is 1.11 bits per heavy atom. The fourth-order valence-electron chi connectivity index (χ4n) is 5.16. The zero-order valence-corrected chi connectivity index (χ0v) is 21.9. The Morgan fingerprint density at radius 3 is 2.49 bits per heavy atom. The van der Waals surface area contributed by atoms with Crippen LogP contribution in [0.25, 0.3) is 0 Å². The zero-order valence-electron chi connectivity index (χ0n) is 20.3. The molecule has 2 aliphatic carbocycles. The van der Waals surface area contributed by atoms with Crippen LogP contribution in [0.15, 0.2) is 35.4 Å². The van der Waals surface area contributed by atoms with E-state index >= 15 is 0 Å². The Balaban J connectivity index is 1.40. The molecule has 3 atom stereocenters. The van der Waals surface area contributed by atoms with Gasteiger partial charge in [-0.05, 0) is 75.1 Å². The molecule has 1 aromatic heterocycles. The Hall–Kier alpha value is -2.59. The van der Waals surface area contributed by atoms with E-state index in [1.54, 1.807) is 0 Å². The third kappa shape index (κ3) is 5.10. The maximum atomic E-state index is 14.7. The molecule has 1 aromatic carbocycles. The number of carbonyl (C=O) groups excluding carboxylic acids is 2. The number of hydrogen-bond donors (Lipinski definition) is 1. The van der Waals surface area contributed by atoms with E-state index in [2.05, 4.69) is 10.3 Å². The fraction of sp³-hybridized carbons (Fsp3) is 0.500. The van der Waals surface area contributed by atoms with E-state index in [1.807, 2.05) is 6.92 Å². The van der Waals surface area contributed by atoms with Gasteiger partial charge in [-0.25, -0.2) is 17.2 Å². The second kappa shape index (κ2) is 9.94. The molecule has 2 heterocycles. The molecule has 0 radical (unpaired) electrons. The highest BCUT2D eigenvalue weighted by molar-refractivity contribution is 7.92. The first-order valence-corrected chi connectivity index (χ1v) is 14.5. The van der Waals surface area contributed by atoms with Gasteiger partial charge in [0, 0.05) is 17.8 Å². The van der Waals surface area contributed by atoms with Crippen molar-refractivity contribution in [3.8, 4) is 0 Å². The quantitative estimate of drug-likeness (QED) is 0.484. The van der Waals surface area contributed by atoms with E-state index in [-0.39, 0.29) is 33.1 Å². The van der Waals surface area contributed by atoms with E-state index in [1.165, 1.54) is 23.2 Å². The predicted molar refractivity (Wildman–Crippen MR) is 133 cm³/mol. The molecule has 1 N–H and O–H groups in total. The van der Waals surface area contributed by atoms with Crippen molar-refractivity contribution in [1.82, 2.24) is 15.2 Å². The molecule has 37 heavy (non-hydrogen) atoms. The summed E-state index contributed by atoms with van der Waals surface area (Å²) in [4.78, 5) is 32.7. The molecule has 2 aromatic rings. The van der Waals surface area contributed by atoms with Crippen molar-refractivity contribution in [3.05, 3.63) is 58.4 Å². The average Bonchev–Trinajstić information content (AvgIpc) is 3.81. The molecule has 0 bridgehead atoms. The highest BCUT2D eigenvalue weighted by Crippen LogP contribution is 2.43. The van der Waals surface area contributed by atoms with Crippen LogP contribution in [-0.4, -0.2) is 47.4 Å². The molecule has 7 nitrogen and oxygen atoms in total. The number of halogens is 3. The predicted octanol–water partition coefficient (Wildman–Crippen LogP) is 4.60. The number of nitrogens with one attached hydrogen (secondary N) is 1. The minimum absolute atomic E-state index is 0.0281. The molecule has 198 valence electrons. The summed E-state index contributed by atoms with van der Waals surface area (Å²) in [5.74, 6) is -2.50. The number of aromatic nitrogens is 1. The normalized spacial score (nSPS) is 22.6. The summed E-state index contributed by atoms with van der Waals surface area (Å²) in [7, 11) is -3.52. The Labute approximate surface area is 219 Å². The van der Waals surface area contributed by atoms with Crippen molar-refractivity contribution >= 4 is 33.3 Å². The lowest BCUT2D eigenvalue weighted by Gasteiger charge is -2.30. The van der Waals surface area contributed by atoms with Crippen molar-refractivity contribution in [2.24, 2.45) is 5.92 Å². The van der Waals surface area contributed by atoms with Crippen LogP contribution in [0.3, 0.4) is 0 Å².